The number of methoxy groups -OCH3 is 1. The Morgan fingerprint density at radius 3 is 2.64 bits per heavy atom. The van der Waals surface area contributed by atoms with Crippen molar-refractivity contribution in [3.63, 3.8) is 0 Å². The summed E-state index contributed by atoms with van der Waals surface area (Å²) in [5.74, 6) is -0.473. The molecular weight excluding hydrogens is 505 g/mol. The van der Waals surface area contributed by atoms with Crippen LogP contribution in [0.5, 0.6) is 11.5 Å². The number of allylic oxidation sites excluding steroid dienone is 1. The highest BCUT2D eigenvalue weighted by Crippen LogP contribution is 2.37. The molecule has 2 aromatic carbocycles. The van der Waals surface area contributed by atoms with Crippen LogP contribution < -0.4 is 21.5 Å². The summed E-state index contributed by atoms with van der Waals surface area (Å²) >= 11 is 0. The summed E-state index contributed by atoms with van der Waals surface area (Å²) < 4.78 is 27.6. The number of amides is 2. The third kappa shape index (κ3) is 5.55. The van der Waals surface area contributed by atoms with Gasteiger partial charge in [0.05, 0.1) is 5.39 Å². The second-order valence-electron chi connectivity index (χ2n) is 9.15. The molecule has 0 aliphatic heterocycles. The van der Waals surface area contributed by atoms with E-state index < -0.39 is 23.9 Å². The molecule has 1 aliphatic rings. The van der Waals surface area contributed by atoms with Crippen molar-refractivity contribution in [1.29, 1.82) is 0 Å². The van der Waals surface area contributed by atoms with Crippen molar-refractivity contribution in [2.24, 2.45) is 11.7 Å². The molecule has 0 radical (unpaired) electrons. The summed E-state index contributed by atoms with van der Waals surface area (Å²) in [6, 6.07) is 13.6. The maximum absolute atomic E-state index is 15.3. The number of rotatable bonds is 9. The van der Waals surface area contributed by atoms with Crippen LogP contribution >= 0.6 is 0 Å². The number of nitrogen functional groups attached to an aromatic ring is 1. The molecule has 5 N–H and O–H groups in total. The minimum Gasteiger partial charge on any atom is -0.457 e. The van der Waals surface area contributed by atoms with Gasteiger partial charge < -0.3 is 26.3 Å². The zero-order valence-electron chi connectivity index (χ0n) is 21.0. The molecule has 4 aromatic rings. The number of hydrogen-bond acceptors (Lipinski definition) is 8. The molecule has 39 heavy (non-hydrogen) atoms. The molecule has 11 nitrogen and oxygen atoms in total. The van der Waals surface area contributed by atoms with Crippen molar-refractivity contribution in [3.05, 3.63) is 72.3 Å². The van der Waals surface area contributed by atoms with Gasteiger partial charge in [0.1, 0.15) is 35.2 Å². The van der Waals surface area contributed by atoms with Gasteiger partial charge in [-0.1, -0.05) is 23.8 Å². The van der Waals surface area contributed by atoms with E-state index in [0.717, 1.165) is 5.57 Å². The highest BCUT2D eigenvalue weighted by atomic mass is 19.1. The number of aromatic nitrogens is 4. The largest absolute Gasteiger partial charge is 0.457 e. The van der Waals surface area contributed by atoms with Crippen LogP contribution in [0, 0.1) is 11.7 Å². The van der Waals surface area contributed by atoms with Crippen LogP contribution in [0.15, 0.2) is 66.5 Å². The number of para-hydroxylation sites is 1. The van der Waals surface area contributed by atoms with E-state index in [1.54, 1.807) is 28.9 Å². The fourth-order valence-corrected chi connectivity index (χ4v) is 4.50. The summed E-state index contributed by atoms with van der Waals surface area (Å²) in [7, 11) is 1.28. The van der Waals surface area contributed by atoms with Crippen LogP contribution in [0.2, 0.25) is 0 Å². The summed E-state index contributed by atoms with van der Waals surface area (Å²) in [5.41, 5.74) is 13.3. The van der Waals surface area contributed by atoms with Crippen LogP contribution in [0.4, 0.5) is 10.2 Å². The van der Waals surface area contributed by atoms with Crippen LogP contribution in [-0.4, -0.2) is 44.9 Å². The van der Waals surface area contributed by atoms with Crippen molar-refractivity contribution in [3.8, 4) is 22.8 Å². The standard InChI is InChI=1S/C27H26FN7O4/c1-38-27(25(30)37)33-21(36)11-15-9-16(10-15)13-35-26-22(24(29)31-14-32-26)23(34-35)19-8-7-18(12-20(19)28)39-17-5-3-2-4-6-17/h2-8,11-12,14,16,27H,9-10,13H2,1H3,(H2,30,37)(H,33,36)(H2,29,31,32). The molecule has 2 aromatic heterocycles. The molecule has 1 fully saturated rings. The second-order valence-corrected chi connectivity index (χ2v) is 9.15. The lowest BCUT2D eigenvalue weighted by Gasteiger charge is -2.29. The van der Waals surface area contributed by atoms with Gasteiger partial charge >= 0.3 is 0 Å². The van der Waals surface area contributed by atoms with E-state index in [1.165, 1.54) is 25.6 Å². The number of ether oxygens (including phenoxy) is 2. The Morgan fingerprint density at radius 1 is 1.18 bits per heavy atom. The van der Waals surface area contributed by atoms with E-state index in [0.29, 0.717) is 47.6 Å². The maximum Gasteiger partial charge on any atom is 0.267 e. The monoisotopic (exact) mass is 531 g/mol. The van der Waals surface area contributed by atoms with Crippen molar-refractivity contribution in [2.45, 2.75) is 25.6 Å². The number of benzene rings is 2. The zero-order valence-corrected chi connectivity index (χ0v) is 21.0. The SMILES string of the molecule is COC(NC(=O)C=C1CC(Cn2nc(-c3ccc(Oc4ccccc4)cc3F)c3c(N)ncnc32)C1)C(N)=O. The Kier molecular flexibility index (Phi) is 7.19. The molecule has 12 heteroatoms. The van der Waals surface area contributed by atoms with E-state index >= 15 is 4.39 Å². The number of anilines is 1. The van der Waals surface area contributed by atoms with Crippen molar-refractivity contribution in [2.75, 3.05) is 12.8 Å². The van der Waals surface area contributed by atoms with Crippen LogP contribution in [0.1, 0.15) is 12.8 Å². The molecule has 2 amide bonds. The molecule has 200 valence electrons. The predicted octanol–water partition coefficient (Wildman–Crippen LogP) is 2.92. The Bertz CT molecular complexity index is 1560. The Balaban J connectivity index is 1.34. The number of fused-ring (bicyclic) bond motifs is 1. The highest BCUT2D eigenvalue weighted by molar-refractivity contribution is 5.98. The number of halogens is 1. The van der Waals surface area contributed by atoms with E-state index in [4.69, 9.17) is 20.9 Å². The number of carbonyl (C=O) groups is 2. The van der Waals surface area contributed by atoms with Crippen molar-refractivity contribution in [1.82, 2.24) is 25.1 Å². The van der Waals surface area contributed by atoms with Gasteiger partial charge in [-0.25, -0.2) is 19.0 Å². The number of nitrogens with zero attached hydrogens (tertiary/aromatic N) is 4. The minimum absolute atomic E-state index is 0.164. The van der Waals surface area contributed by atoms with Gasteiger partial charge in [0.2, 0.25) is 12.1 Å². The van der Waals surface area contributed by atoms with Crippen LogP contribution in [0.25, 0.3) is 22.3 Å². The quantitative estimate of drug-likeness (QED) is 0.219. The number of primary amides is 1. The normalized spacial score (nSPS) is 15.4. The number of nitrogens with one attached hydrogen (secondary N) is 1. The predicted molar refractivity (Wildman–Crippen MR) is 141 cm³/mol. The molecule has 0 bridgehead atoms. The lowest BCUT2D eigenvalue weighted by atomic mass is 9.80. The van der Waals surface area contributed by atoms with Gasteiger partial charge in [0, 0.05) is 31.4 Å². The van der Waals surface area contributed by atoms with Crippen LogP contribution in [-0.2, 0) is 20.9 Å². The molecule has 0 spiro atoms. The Morgan fingerprint density at radius 2 is 1.95 bits per heavy atom. The molecule has 5 rings (SSSR count). The molecular formula is C27H26FN7O4. The lowest BCUT2D eigenvalue weighted by molar-refractivity contribution is -0.134. The first-order valence-corrected chi connectivity index (χ1v) is 12.1. The lowest BCUT2D eigenvalue weighted by Crippen LogP contribution is -2.45. The first-order valence-electron chi connectivity index (χ1n) is 12.1. The maximum atomic E-state index is 15.3. The fourth-order valence-electron chi connectivity index (χ4n) is 4.50. The van der Waals surface area contributed by atoms with Gasteiger partial charge in [-0.2, -0.15) is 5.10 Å². The summed E-state index contributed by atoms with van der Waals surface area (Å²) in [6.07, 6.45) is 2.86. The average molecular weight is 532 g/mol. The van der Waals surface area contributed by atoms with E-state index in [9.17, 15) is 9.59 Å². The second kappa shape index (κ2) is 10.9. The Labute approximate surface area is 222 Å². The highest BCUT2D eigenvalue weighted by Gasteiger charge is 2.28. The van der Waals surface area contributed by atoms with E-state index in [-0.39, 0.29) is 17.3 Å². The smallest absolute Gasteiger partial charge is 0.267 e. The van der Waals surface area contributed by atoms with Gasteiger partial charge in [0.25, 0.3) is 5.91 Å². The van der Waals surface area contributed by atoms with Gasteiger partial charge in [-0.3, -0.25) is 9.59 Å². The zero-order chi connectivity index (χ0) is 27.5. The van der Waals surface area contributed by atoms with Gasteiger partial charge in [0.15, 0.2) is 5.65 Å². The first kappa shape index (κ1) is 25.8. The third-order valence-electron chi connectivity index (χ3n) is 6.37. The summed E-state index contributed by atoms with van der Waals surface area (Å²) in [4.78, 5) is 31.8. The first-order chi connectivity index (χ1) is 18.8. The van der Waals surface area contributed by atoms with E-state index in [1.807, 2.05) is 18.2 Å². The average Bonchev–Trinajstić information content (AvgIpc) is 3.26. The molecule has 1 saturated carbocycles. The molecule has 1 atom stereocenters. The van der Waals surface area contributed by atoms with Crippen LogP contribution in [0.3, 0.4) is 0 Å². The number of hydrogen-bond donors (Lipinski definition) is 3. The van der Waals surface area contributed by atoms with Crippen molar-refractivity contribution < 1.29 is 23.5 Å². The molecule has 1 aliphatic carbocycles. The molecule has 2 heterocycles. The Hall–Kier alpha value is -4.84. The van der Waals surface area contributed by atoms with Gasteiger partial charge in [-0.05, 0) is 43.0 Å². The topological polar surface area (TPSA) is 160 Å². The summed E-state index contributed by atoms with van der Waals surface area (Å²) in [6.45, 7) is 0.477. The number of nitrogens with two attached hydrogens (primary N) is 2. The third-order valence-corrected chi connectivity index (χ3v) is 6.37. The fraction of sp³-hybridized carbons (Fsp3) is 0.222. The van der Waals surface area contributed by atoms with Crippen molar-refractivity contribution >= 4 is 28.7 Å². The summed E-state index contributed by atoms with van der Waals surface area (Å²) in [5, 5.41) is 7.52. The van der Waals surface area contributed by atoms with E-state index in [2.05, 4.69) is 20.4 Å². The number of carbonyl (C=O) groups excluding carboxylic acids is 2. The minimum atomic E-state index is -1.19. The molecule has 1 unspecified atom stereocenters. The van der Waals surface area contributed by atoms with Gasteiger partial charge in [-0.15, -0.1) is 0 Å². The molecule has 0 saturated heterocycles.